The molecule has 0 spiro atoms. The van der Waals surface area contributed by atoms with E-state index in [1.54, 1.807) is 18.0 Å². The maximum absolute atomic E-state index is 12.5. The van der Waals surface area contributed by atoms with Gasteiger partial charge in [0.1, 0.15) is 6.04 Å². The van der Waals surface area contributed by atoms with Crippen molar-refractivity contribution in [3.8, 4) is 0 Å². The summed E-state index contributed by atoms with van der Waals surface area (Å²) >= 11 is 1.40. The van der Waals surface area contributed by atoms with Crippen LogP contribution in [-0.4, -0.2) is 59.5 Å². The Morgan fingerprint density at radius 1 is 1.50 bits per heavy atom. The highest BCUT2D eigenvalue weighted by molar-refractivity contribution is 7.12. The minimum Gasteiger partial charge on any atom is -0.395 e. The molecule has 6 heteroatoms. The third kappa shape index (κ3) is 3.19. The molecule has 1 fully saturated rings. The van der Waals surface area contributed by atoms with Gasteiger partial charge >= 0.3 is 0 Å². The van der Waals surface area contributed by atoms with Crippen LogP contribution in [0.25, 0.3) is 0 Å². The van der Waals surface area contributed by atoms with E-state index in [1.165, 1.54) is 16.2 Å². The highest BCUT2D eigenvalue weighted by atomic mass is 32.1. The number of likely N-dealkylation sites (tertiary alicyclic amines) is 1. The molecule has 0 bridgehead atoms. The lowest BCUT2D eigenvalue weighted by Crippen LogP contribution is -2.52. The number of nitrogens with zero attached hydrogens (tertiary/aromatic N) is 2. The van der Waals surface area contributed by atoms with Crippen LogP contribution >= 0.6 is 11.3 Å². The SMILES string of the molecule is CN(CCO)C(=O)C1CCCCN1C(=O)c1cccs1. The number of carbonyl (C=O) groups is 2. The lowest BCUT2D eigenvalue weighted by Gasteiger charge is -2.36. The van der Waals surface area contributed by atoms with E-state index in [4.69, 9.17) is 5.11 Å². The molecular formula is C14H20N2O3S. The molecular weight excluding hydrogens is 276 g/mol. The molecule has 110 valence electrons. The Bertz CT molecular complexity index is 461. The number of amides is 2. The van der Waals surface area contributed by atoms with Crippen LogP contribution in [-0.2, 0) is 4.79 Å². The number of hydrogen-bond donors (Lipinski definition) is 1. The number of hydrogen-bond acceptors (Lipinski definition) is 4. The Hall–Kier alpha value is -1.40. The second-order valence-electron chi connectivity index (χ2n) is 4.97. The van der Waals surface area contributed by atoms with E-state index in [-0.39, 0.29) is 18.4 Å². The van der Waals surface area contributed by atoms with Crippen LogP contribution in [0.4, 0.5) is 0 Å². The van der Waals surface area contributed by atoms with E-state index >= 15 is 0 Å². The van der Waals surface area contributed by atoms with Crippen molar-refractivity contribution >= 4 is 23.2 Å². The molecule has 1 saturated heterocycles. The summed E-state index contributed by atoms with van der Waals surface area (Å²) in [7, 11) is 1.67. The monoisotopic (exact) mass is 296 g/mol. The molecule has 1 atom stereocenters. The largest absolute Gasteiger partial charge is 0.395 e. The summed E-state index contributed by atoms with van der Waals surface area (Å²) in [5.41, 5.74) is 0. The van der Waals surface area contributed by atoms with Crippen LogP contribution in [0.3, 0.4) is 0 Å². The average Bonchev–Trinajstić information content (AvgIpc) is 3.00. The molecule has 5 nitrogen and oxygen atoms in total. The molecule has 1 N–H and O–H groups in total. The molecule has 2 amide bonds. The zero-order chi connectivity index (χ0) is 14.5. The van der Waals surface area contributed by atoms with Crippen molar-refractivity contribution in [3.63, 3.8) is 0 Å². The summed E-state index contributed by atoms with van der Waals surface area (Å²) in [5, 5.41) is 10.8. The van der Waals surface area contributed by atoms with Gasteiger partial charge in [0.05, 0.1) is 11.5 Å². The van der Waals surface area contributed by atoms with Gasteiger partial charge in [-0.2, -0.15) is 0 Å². The minimum atomic E-state index is -0.394. The standard InChI is InChI=1S/C14H20N2O3S/c1-15(8-9-17)13(18)11-5-2-3-7-16(11)14(19)12-6-4-10-20-12/h4,6,10-11,17H,2-3,5,7-9H2,1H3. The third-order valence-corrected chi connectivity index (χ3v) is 4.45. The second kappa shape index (κ2) is 6.85. The first kappa shape index (κ1) is 15.0. The maximum Gasteiger partial charge on any atom is 0.264 e. The fourth-order valence-electron chi connectivity index (χ4n) is 2.49. The number of likely N-dealkylation sites (N-methyl/N-ethyl adjacent to an activating group) is 1. The highest BCUT2D eigenvalue weighted by Gasteiger charge is 2.34. The molecule has 1 unspecified atom stereocenters. The van der Waals surface area contributed by atoms with Crippen molar-refractivity contribution in [2.24, 2.45) is 0 Å². The van der Waals surface area contributed by atoms with Gasteiger partial charge in [0, 0.05) is 20.1 Å². The summed E-state index contributed by atoms with van der Waals surface area (Å²) in [6, 6.07) is 3.24. The summed E-state index contributed by atoms with van der Waals surface area (Å²) in [4.78, 5) is 28.7. The molecule has 20 heavy (non-hydrogen) atoms. The van der Waals surface area contributed by atoms with E-state index in [0.29, 0.717) is 24.4 Å². The van der Waals surface area contributed by atoms with Gasteiger partial charge in [0.2, 0.25) is 5.91 Å². The van der Waals surface area contributed by atoms with Crippen LogP contribution in [0.1, 0.15) is 28.9 Å². The smallest absolute Gasteiger partial charge is 0.264 e. The molecule has 1 aliphatic rings. The minimum absolute atomic E-state index is 0.0598. The summed E-state index contributed by atoms with van der Waals surface area (Å²) in [6.45, 7) is 0.865. The quantitative estimate of drug-likeness (QED) is 0.908. The number of aliphatic hydroxyl groups is 1. The number of aliphatic hydroxyl groups excluding tert-OH is 1. The molecule has 1 aliphatic heterocycles. The first-order valence-corrected chi connectivity index (χ1v) is 7.73. The van der Waals surface area contributed by atoms with Crippen molar-refractivity contribution in [1.29, 1.82) is 0 Å². The lowest BCUT2D eigenvalue weighted by atomic mass is 10.0. The van der Waals surface area contributed by atoms with Crippen LogP contribution in [0, 0.1) is 0 Å². The Labute approximate surface area is 122 Å². The second-order valence-corrected chi connectivity index (χ2v) is 5.92. The van der Waals surface area contributed by atoms with Crippen LogP contribution in [0.5, 0.6) is 0 Å². The zero-order valence-electron chi connectivity index (χ0n) is 11.6. The topological polar surface area (TPSA) is 60.9 Å². The Morgan fingerprint density at radius 3 is 2.95 bits per heavy atom. The Kier molecular flexibility index (Phi) is 5.14. The van der Waals surface area contributed by atoms with E-state index in [1.807, 2.05) is 11.4 Å². The van der Waals surface area contributed by atoms with Gasteiger partial charge in [0.15, 0.2) is 0 Å². The number of thiophene rings is 1. The van der Waals surface area contributed by atoms with Crippen molar-refractivity contribution in [1.82, 2.24) is 9.80 Å². The van der Waals surface area contributed by atoms with Crippen molar-refractivity contribution < 1.29 is 14.7 Å². The van der Waals surface area contributed by atoms with E-state index in [2.05, 4.69) is 0 Å². The molecule has 1 aromatic rings. The van der Waals surface area contributed by atoms with E-state index < -0.39 is 6.04 Å². The van der Waals surface area contributed by atoms with Crippen LogP contribution in [0.15, 0.2) is 17.5 Å². The first-order valence-electron chi connectivity index (χ1n) is 6.85. The Balaban J connectivity index is 2.13. The average molecular weight is 296 g/mol. The van der Waals surface area contributed by atoms with Crippen molar-refractivity contribution in [3.05, 3.63) is 22.4 Å². The summed E-state index contributed by atoms with van der Waals surface area (Å²) in [6.07, 6.45) is 2.59. The van der Waals surface area contributed by atoms with Crippen molar-refractivity contribution in [2.75, 3.05) is 26.7 Å². The van der Waals surface area contributed by atoms with Gasteiger partial charge in [0.25, 0.3) is 5.91 Å². The molecule has 0 saturated carbocycles. The van der Waals surface area contributed by atoms with Crippen molar-refractivity contribution in [2.45, 2.75) is 25.3 Å². The normalized spacial score (nSPS) is 18.9. The highest BCUT2D eigenvalue weighted by Crippen LogP contribution is 2.22. The molecule has 0 aliphatic carbocycles. The molecule has 0 radical (unpaired) electrons. The van der Waals surface area contributed by atoms with E-state index in [9.17, 15) is 9.59 Å². The molecule has 2 rings (SSSR count). The number of piperidine rings is 1. The van der Waals surface area contributed by atoms with Gasteiger partial charge in [-0.15, -0.1) is 11.3 Å². The van der Waals surface area contributed by atoms with Crippen LogP contribution < -0.4 is 0 Å². The number of rotatable bonds is 4. The van der Waals surface area contributed by atoms with Gasteiger partial charge in [-0.05, 0) is 30.7 Å². The molecule has 1 aromatic heterocycles. The fraction of sp³-hybridized carbons (Fsp3) is 0.571. The summed E-state index contributed by atoms with van der Waals surface area (Å²) < 4.78 is 0. The molecule has 2 heterocycles. The zero-order valence-corrected chi connectivity index (χ0v) is 12.4. The molecule has 0 aromatic carbocycles. The maximum atomic E-state index is 12.5. The predicted molar refractivity (Wildman–Crippen MR) is 77.7 cm³/mol. The van der Waals surface area contributed by atoms with Gasteiger partial charge in [-0.3, -0.25) is 9.59 Å². The van der Waals surface area contributed by atoms with Crippen LogP contribution in [0.2, 0.25) is 0 Å². The fourth-order valence-corrected chi connectivity index (χ4v) is 3.17. The summed E-state index contributed by atoms with van der Waals surface area (Å²) in [5.74, 6) is -0.140. The first-order chi connectivity index (χ1) is 9.65. The predicted octanol–water partition coefficient (Wildman–Crippen LogP) is 1.19. The van der Waals surface area contributed by atoms with Gasteiger partial charge in [-0.25, -0.2) is 0 Å². The number of carbonyl (C=O) groups excluding carboxylic acids is 2. The van der Waals surface area contributed by atoms with E-state index in [0.717, 1.165) is 12.8 Å². The third-order valence-electron chi connectivity index (χ3n) is 3.59. The Morgan fingerprint density at radius 2 is 2.30 bits per heavy atom. The lowest BCUT2D eigenvalue weighted by molar-refractivity contribution is -0.136. The van der Waals surface area contributed by atoms with Gasteiger partial charge < -0.3 is 14.9 Å². The van der Waals surface area contributed by atoms with Gasteiger partial charge in [-0.1, -0.05) is 6.07 Å².